The second kappa shape index (κ2) is 11.8. The van der Waals surface area contributed by atoms with E-state index in [2.05, 4.69) is 5.32 Å². The van der Waals surface area contributed by atoms with Crippen LogP contribution in [0.5, 0.6) is 0 Å². The van der Waals surface area contributed by atoms with Gasteiger partial charge >= 0.3 is 0 Å². The van der Waals surface area contributed by atoms with Crippen LogP contribution < -0.4 is 9.62 Å². The molecule has 0 radical (unpaired) electrons. The molecule has 33 heavy (non-hydrogen) atoms. The number of benzene rings is 2. The molecule has 0 saturated heterocycles. The van der Waals surface area contributed by atoms with Gasteiger partial charge < -0.3 is 10.2 Å². The highest BCUT2D eigenvalue weighted by molar-refractivity contribution is 7.92. The number of sulfonamides is 1. The van der Waals surface area contributed by atoms with E-state index in [0.717, 1.165) is 22.2 Å². The van der Waals surface area contributed by atoms with Gasteiger partial charge in [0.05, 0.1) is 11.9 Å². The highest BCUT2D eigenvalue weighted by atomic mass is 32.2. The molecule has 0 spiro atoms. The first-order valence-electron chi connectivity index (χ1n) is 10.9. The fourth-order valence-corrected chi connectivity index (χ4v) is 4.38. The number of hydrogen-bond donors (Lipinski definition) is 1. The molecule has 180 valence electrons. The van der Waals surface area contributed by atoms with Crippen molar-refractivity contribution in [2.75, 3.05) is 23.7 Å². The number of hydrogen-bond acceptors (Lipinski definition) is 4. The minimum absolute atomic E-state index is 0.122. The van der Waals surface area contributed by atoms with Crippen LogP contribution in [0.2, 0.25) is 0 Å². The summed E-state index contributed by atoms with van der Waals surface area (Å²) in [5.74, 6) is -1.65. The number of carbonyl (C=O) groups excluding carboxylic acids is 2. The van der Waals surface area contributed by atoms with Crippen molar-refractivity contribution in [3.8, 4) is 0 Å². The number of nitrogens with one attached hydrogen (secondary N) is 1. The van der Waals surface area contributed by atoms with E-state index in [9.17, 15) is 22.4 Å². The Morgan fingerprint density at radius 3 is 2.18 bits per heavy atom. The summed E-state index contributed by atoms with van der Waals surface area (Å²) in [6, 6.07) is 14.0. The smallest absolute Gasteiger partial charge is 0.244 e. The average Bonchev–Trinajstić information content (AvgIpc) is 2.74. The van der Waals surface area contributed by atoms with Crippen molar-refractivity contribution in [3.63, 3.8) is 0 Å². The van der Waals surface area contributed by atoms with Crippen molar-refractivity contribution < 1.29 is 22.4 Å². The fraction of sp³-hybridized carbons (Fsp3) is 0.417. The molecule has 0 bridgehead atoms. The maximum absolute atomic E-state index is 14.4. The van der Waals surface area contributed by atoms with Crippen molar-refractivity contribution in [1.82, 2.24) is 10.2 Å². The number of anilines is 1. The number of rotatable bonds is 11. The molecular formula is C24H32FN3O4S. The van der Waals surface area contributed by atoms with E-state index < -0.39 is 34.3 Å². The van der Waals surface area contributed by atoms with E-state index >= 15 is 0 Å². The first kappa shape index (κ1) is 26.3. The Morgan fingerprint density at radius 2 is 1.64 bits per heavy atom. The second-order valence-electron chi connectivity index (χ2n) is 8.13. The van der Waals surface area contributed by atoms with Crippen molar-refractivity contribution >= 4 is 27.5 Å². The highest BCUT2D eigenvalue weighted by Gasteiger charge is 2.32. The van der Waals surface area contributed by atoms with Gasteiger partial charge in [-0.05, 0) is 44.4 Å². The fourth-order valence-electron chi connectivity index (χ4n) is 3.53. The third-order valence-electron chi connectivity index (χ3n) is 5.10. The predicted molar refractivity (Wildman–Crippen MR) is 128 cm³/mol. The van der Waals surface area contributed by atoms with Crippen LogP contribution in [0.4, 0.5) is 10.1 Å². The molecule has 1 N–H and O–H groups in total. The molecule has 2 amide bonds. The van der Waals surface area contributed by atoms with Gasteiger partial charge in [-0.1, -0.05) is 49.4 Å². The maximum atomic E-state index is 14.4. The normalized spacial score (nSPS) is 12.3. The quantitative estimate of drug-likeness (QED) is 0.539. The van der Waals surface area contributed by atoms with Gasteiger partial charge in [0.1, 0.15) is 18.4 Å². The number of halogens is 1. The molecule has 9 heteroatoms. The molecular weight excluding hydrogens is 445 g/mol. The summed E-state index contributed by atoms with van der Waals surface area (Å²) in [5.41, 5.74) is 0.763. The number of amides is 2. The average molecular weight is 478 g/mol. The number of carbonyl (C=O) groups is 2. The summed E-state index contributed by atoms with van der Waals surface area (Å²) in [6.45, 7) is 5.04. The lowest BCUT2D eigenvalue weighted by atomic mass is 10.1. The van der Waals surface area contributed by atoms with Crippen molar-refractivity contribution in [3.05, 3.63) is 66.0 Å². The van der Waals surface area contributed by atoms with Gasteiger partial charge in [0.25, 0.3) is 0 Å². The molecule has 2 aromatic rings. The van der Waals surface area contributed by atoms with Gasteiger partial charge in [0, 0.05) is 12.6 Å². The Kier molecular flexibility index (Phi) is 9.40. The standard InChI is InChI=1S/C24H32FN3O4S/c1-5-21(24(30)26-18(2)3)27(16-15-19-11-7-6-8-12-19)23(29)17-28(33(4,31)32)22-14-10-9-13-20(22)25/h6-14,18,21H,5,15-17H2,1-4H3,(H,26,30). The van der Waals surface area contributed by atoms with Crippen LogP contribution in [-0.4, -0.2) is 56.6 Å². The number of nitrogens with zero attached hydrogens (tertiary/aromatic N) is 2. The van der Waals surface area contributed by atoms with Crippen molar-refractivity contribution in [2.24, 2.45) is 0 Å². The SMILES string of the molecule is CCC(C(=O)NC(C)C)N(CCc1ccccc1)C(=O)CN(c1ccccc1F)S(C)(=O)=O. The first-order valence-corrected chi connectivity index (χ1v) is 12.8. The first-order chi connectivity index (χ1) is 15.5. The van der Waals surface area contributed by atoms with Gasteiger partial charge in [0.15, 0.2) is 0 Å². The van der Waals surface area contributed by atoms with Crippen LogP contribution >= 0.6 is 0 Å². The van der Waals surface area contributed by atoms with Gasteiger partial charge in [-0.2, -0.15) is 0 Å². The summed E-state index contributed by atoms with van der Waals surface area (Å²) in [5, 5.41) is 2.83. The van der Waals surface area contributed by atoms with E-state index in [-0.39, 0.29) is 24.2 Å². The highest BCUT2D eigenvalue weighted by Crippen LogP contribution is 2.22. The van der Waals surface area contributed by atoms with Crippen LogP contribution in [-0.2, 0) is 26.0 Å². The molecule has 1 atom stereocenters. The van der Waals surface area contributed by atoms with E-state index in [0.29, 0.717) is 12.8 Å². The van der Waals surface area contributed by atoms with Crippen LogP contribution in [0.25, 0.3) is 0 Å². The molecule has 0 aliphatic carbocycles. The second-order valence-corrected chi connectivity index (χ2v) is 10.0. The summed E-state index contributed by atoms with van der Waals surface area (Å²) >= 11 is 0. The van der Waals surface area contributed by atoms with Gasteiger partial charge in [-0.3, -0.25) is 13.9 Å². The van der Waals surface area contributed by atoms with Gasteiger partial charge in [-0.15, -0.1) is 0 Å². The third-order valence-corrected chi connectivity index (χ3v) is 6.23. The zero-order chi connectivity index (χ0) is 24.6. The molecule has 0 fully saturated rings. The summed E-state index contributed by atoms with van der Waals surface area (Å²) < 4.78 is 40.0. The van der Waals surface area contributed by atoms with E-state index in [1.807, 2.05) is 44.2 Å². The predicted octanol–water partition coefficient (Wildman–Crippen LogP) is 2.97. The molecule has 7 nitrogen and oxygen atoms in total. The van der Waals surface area contributed by atoms with E-state index in [1.165, 1.54) is 23.1 Å². The summed E-state index contributed by atoms with van der Waals surface area (Å²) in [4.78, 5) is 27.7. The number of para-hydroxylation sites is 1. The lowest BCUT2D eigenvalue weighted by molar-refractivity contribution is -0.139. The summed E-state index contributed by atoms with van der Waals surface area (Å²) in [6.07, 6.45) is 1.75. The van der Waals surface area contributed by atoms with E-state index in [4.69, 9.17) is 0 Å². The molecule has 0 saturated carbocycles. The Balaban J connectivity index is 2.37. The lowest BCUT2D eigenvalue weighted by Crippen LogP contribution is -2.54. The zero-order valence-corrected chi connectivity index (χ0v) is 20.3. The topological polar surface area (TPSA) is 86.8 Å². The molecule has 0 aromatic heterocycles. The maximum Gasteiger partial charge on any atom is 0.244 e. The molecule has 0 aliphatic rings. The molecule has 0 heterocycles. The Bertz CT molecular complexity index is 1040. The van der Waals surface area contributed by atoms with Crippen LogP contribution in [0, 0.1) is 5.82 Å². The van der Waals surface area contributed by atoms with E-state index in [1.54, 1.807) is 6.92 Å². The molecule has 2 aromatic carbocycles. The Labute approximate surface area is 195 Å². The van der Waals surface area contributed by atoms with Crippen LogP contribution in [0.15, 0.2) is 54.6 Å². The Morgan fingerprint density at radius 1 is 1.03 bits per heavy atom. The third kappa shape index (κ3) is 7.56. The van der Waals surface area contributed by atoms with Gasteiger partial charge in [0.2, 0.25) is 21.8 Å². The minimum atomic E-state index is -3.96. The Hall–Kier alpha value is -2.94. The minimum Gasteiger partial charge on any atom is -0.352 e. The largest absolute Gasteiger partial charge is 0.352 e. The monoisotopic (exact) mass is 477 g/mol. The van der Waals surface area contributed by atoms with Gasteiger partial charge in [-0.25, -0.2) is 12.8 Å². The van der Waals surface area contributed by atoms with Crippen molar-refractivity contribution in [1.29, 1.82) is 0 Å². The summed E-state index contributed by atoms with van der Waals surface area (Å²) in [7, 11) is -3.96. The molecule has 2 rings (SSSR count). The van der Waals surface area contributed by atoms with Crippen LogP contribution in [0.3, 0.4) is 0 Å². The molecule has 1 unspecified atom stereocenters. The molecule has 0 aliphatic heterocycles. The lowest BCUT2D eigenvalue weighted by Gasteiger charge is -2.33. The zero-order valence-electron chi connectivity index (χ0n) is 19.5. The van der Waals surface area contributed by atoms with Crippen molar-refractivity contribution in [2.45, 2.75) is 45.7 Å². The van der Waals surface area contributed by atoms with Crippen LogP contribution in [0.1, 0.15) is 32.8 Å².